The molecule has 128 valence electrons. The van der Waals surface area contributed by atoms with Crippen LogP contribution in [0, 0.1) is 11.3 Å². The molecular weight excluding hydrogens is 322 g/mol. The lowest BCUT2D eigenvalue weighted by Crippen LogP contribution is -2.28. The number of oxime groups is 1. The lowest BCUT2D eigenvalue weighted by Gasteiger charge is -2.12. The number of ether oxygens (including phenoxy) is 2. The number of nitrogens with zero attached hydrogens (tertiary/aromatic N) is 2. The summed E-state index contributed by atoms with van der Waals surface area (Å²) in [6.45, 7) is -0.0542. The van der Waals surface area contributed by atoms with Crippen LogP contribution in [0.3, 0.4) is 0 Å². The highest BCUT2D eigenvalue weighted by Gasteiger charge is 2.18. The first-order valence-corrected chi connectivity index (χ1v) is 7.40. The first kappa shape index (κ1) is 17.8. The minimum Gasteiger partial charge on any atom is -0.479 e. The molecule has 0 aliphatic rings. The maximum atomic E-state index is 12.1. The molecular formula is C18H17N3O4. The number of carbonyl (C=O) groups is 1. The van der Waals surface area contributed by atoms with E-state index in [2.05, 4.69) is 10.5 Å². The summed E-state index contributed by atoms with van der Waals surface area (Å²) in [5.41, 5.74) is 0.574. The molecule has 0 unspecified atom stereocenters. The van der Waals surface area contributed by atoms with Gasteiger partial charge in [-0.1, -0.05) is 23.4 Å². The van der Waals surface area contributed by atoms with Crippen molar-refractivity contribution >= 4 is 11.6 Å². The van der Waals surface area contributed by atoms with Gasteiger partial charge < -0.3 is 19.6 Å². The van der Waals surface area contributed by atoms with Gasteiger partial charge in [0, 0.05) is 13.1 Å². The van der Waals surface area contributed by atoms with E-state index in [1.54, 1.807) is 48.5 Å². The average Bonchev–Trinajstić information content (AvgIpc) is 2.65. The van der Waals surface area contributed by atoms with Crippen molar-refractivity contribution in [2.75, 3.05) is 20.8 Å². The van der Waals surface area contributed by atoms with Gasteiger partial charge in [0.05, 0.1) is 5.56 Å². The van der Waals surface area contributed by atoms with Gasteiger partial charge in [-0.3, -0.25) is 4.79 Å². The molecule has 1 N–H and O–H groups in total. The van der Waals surface area contributed by atoms with Crippen LogP contribution in [-0.2, 0) is 9.63 Å². The Kier molecular flexibility index (Phi) is 6.37. The first-order chi connectivity index (χ1) is 12.2. The number of rotatable bonds is 7. The molecule has 0 fully saturated rings. The van der Waals surface area contributed by atoms with Crippen molar-refractivity contribution in [3.05, 3.63) is 54.1 Å². The summed E-state index contributed by atoms with van der Waals surface area (Å²) in [5, 5.41) is 14.9. The SMILES string of the molecule is CNC(=O)/C(=N\OC)c1ccccc1Oc1cccc(OCC#N)c1. The number of amides is 1. The highest BCUT2D eigenvalue weighted by Crippen LogP contribution is 2.28. The summed E-state index contributed by atoms with van der Waals surface area (Å²) >= 11 is 0. The van der Waals surface area contributed by atoms with Gasteiger partial charge in [-0.2, -0.15) is 5.26 Å². The lowest BCUT2D eigenvalue weighted by atomic mass is 10.1. The van der Waals surface area contributed by atoms with Crippen LogP contribution in [0.2, 0.25) is 0 Å². The molecule has 2 rings (SSSR count). The van der Waals surface area contributed by atoms with Crippen LogP contribution >= 0.6 is 0 Å². The number of carbonyl (C=O) groups excluding carboxylic acids is 1. The number of benzene rings is 2. The molecule has 0 saturated carbocycles. The smallest absolute Gasteiger partial charge is 0.273 e. The van der Waals surface area contributed by atoms with Crippen LogP contribution in [0.15, 0.2) is 53.7 Å². The van der Waals surface area contributed by atoms with Crippen molar-refractivity contribution in [2.24, 2.45) is 5.16 Å². The Labute approximate surface area is 145 Å². The Morgan fingerprint density at radius 3 is 2.68 bits per heavy atom. The van der Waals surface area contributed by atoms with E-state index in [0.717, 1.165) is 0 Å². The maximum Gasteiger partial charge on any atom is 0.273 e. The van der Waals surface area contributed by atoms with Gasteiger partial charge >= 0.3 is 0 Å². The predicted octanol–water partition coefficient (Wildman–Crippen LogP) is 2.48. The number of hydrogen-bond donors (Lipinski definition) is 1. The molecule has 2 aromatic rings. The number of nitriles is 1. The molecule has 1 amide bonds. The van der Waals surface area contributed by atoms with Crippen molar-refractivity contribution in [2.45, 2.75) is 0 Å². The summed E-state index contributed by atoms with van der Waals surface area (Å²) in [4.78, 5) is 16.8. The second-order valence-corrected chi connectivity index (χ2v) is 4.72. The normalized spacial score (nSPS) is 10.5. The minimum atomic E-state index is -0.399. The third-order valence-electron chi connectivity index (χ3n) is 3.10. The Hall–Kier alpha value is -3.53. The quantitative estimate of drug-likeness (QED) is 0.618. The third-order valence-corrected chi connectivity index (χ3v) is 3.10. The molecule has 0 aliphatic carbocycles. The van der Waals surface area contributed by atoms with Gasteiger partial charge in [0.1, 0.15) is 30.4 Å². The van der Waals surface area contributed by atoms with Crippen LogP contribution in [0.25, 0.3) is 0 Å². The fourth-order valence-corrected chi connectivity index (χ4v) is 2.04. The summed E-state index contributed by atoms with van der Waals surface area (Å²) in [6, 6.07) is 15.7. The molecule has 0 radical (unpaired) electrons. The molecule has 0 bridgehead atoms. The largest absolute Gasteiger partial charge is 0.479 e. The lowest BCUT2D eigenvalue weighted by molar-refractivity contribution is -0.114. The molecule has 0 aromatic heterocycles. The minimum absolute atomic E-state index is 0.0542. The molecule has 7 heteroatoms. The topological polar surface area (TPSA) is 92.9 Å². The number of nitrogens with one attached hydrogen (secondary N) is 1. The molecule has 0 heterocycles. The Morgan fingerprint density at radius 2 is 1.96 bits per heavy atom. The van der Waals surface area contributed by atoms with Crippen LogP contribution in [-0.4, -0.2) is 32.4 Å². The monoisotopic (exact) mass is 339 g/mol. The van der Waals surface area contributed by atoms with E-state index in [9.17, 15) is 4.79 Å². The molecule has 2 aromatic carbocycles. The van der Waals surface area contributed by atoms with Crippen molar-refractivity contribution in [1.29, 1.82) is 5.26 Å². The van der Waals surface area contributed by atoms with E-state index in [4.69, 9.17) is 19.6 Å². The Morgan fingerprint density at radius 1 is 1.20 bits per heavy atom. The zero-order valence-electron chi connectivity index (χ0n) is 13.9. The number of likely N-dealkylation sites (N-methyl/N-ethyl adjacent to an activating group) is 1. The van der Waals surface area contributed by atoms with E-state index in [1.165, 1.54) is 14.2 Å². The van der Waals surface area contributed by atoms with Crippen molar-refractivity contribution in [3.63, 3.8) is 0 Å². The first-order valence-electron chi connectivity index (χ1n) is 7.40. The summed E-state index contributed by atoms with van der Waals surface area (Å²) in [5.74, 6) is 1.04. The summed E-state index contributed by atoms with van der Waals surface area (Å²) < 4.78 is 11.1. The van der Waals surface area contributed by atoms with Gasteiger partial charge in [0.15, 0.2) is 12.3 Å². The van der Waals surface area contributed by atoms with Gasteiger partial charge in [0.25, 0.3) is 5.91 Å². The fourth-order valence-electron chi connectivity index (χ4n) is 2.04. The highest BCUT2D eigenvalue weighted by atomic mass is 16.6. The number of para-hydroxylation sites is 1. The van der Waals surface area contributed by atoms with E-state index in [1.807, 2.05) is 6.07 Å². The van der Waals surface area contributed by atoms with Crippen molar-refractivity contribution < 1.29 is 19.1 Å². The second-order valence-electron chi connectivity index (χ2n) is 4.72. The summed E-state index contributed by atoms with van der Waals surface area (Å²) in [7, 11) is 2.87. The van der Waals surface area contributed by atoms with Gasteiger partial charge in [-0.15, -0.1) is 0 Å². The summed E-state index contributed by atoms with van der Waals surface area (Å²) in [6.07, 6.45) is 0. The van der Waals surface area contributed by atoms with E-state index >= 15 is 0 Å². The molecule has 7 nitrogen and oxygen atoms in total. The average molecular weight is 339 g/mol. The third kappa shape index (κ3) is 4.72. The van der Waals surface area contributed by atoms with Gasteiger partial charge in [0.2, 0.25) is 0 Å². The van der Waals surface area contributed by atoms with E-state index in [0.29, 0.717) is 22.8 Å². The zero-order chi connectivity index (χ0) is 18.1. The van der Waals surface area contributed by atoms with Crippen LogP contribution in [0.4, 0.5) is 0 Å². The fraction of sp³-hybridized carbons (Fsp3) is 0.167. The number of hydrogen-bond acceptors (Lipinski definition) is 6. The van der Waals surface area contributed by atoms with Crippen molar-refractivity contribution in [3.8, 4) is 23.3 Å². The van der Waals surface area contributed by atoms with Gasteiger partial charge in [-0.25, -0.2) is 0 Å². The standard InChI is InChI=1S/C18H17N3O4/c1-20-18(22)17(21-23-2)15-8-3-4-9-16(15)25-14-7-5-6-13(12-14)24-11-10-19/h3-9,12H,11H2,1-2H3,(H,20,22)/b21-17-. The highest BCUT2D eigenvalue weighted by molar-refractivity contribution is 6.45. The Balaban J connectivity index is 2.34. The molecule has 0 saturated heterocycles. The predicted molar refractivity (Wildman–Crippen MR) is 91.7 cm³/mol. The van der Waals surface area contributed by atoms with E-state index < -0.39 is 5.91 Å². The van der Waals surface area contributed by atoms with Crippen LogP contribution < -0.4 is 14.8 Å². The van der Waals surface area contributed by atoms with Crippen molar-refractivity contribution in [1.82, 2.24) is 5.32 Å². The molecule has 0 spiro atoms. The molecule has 25 heavy (non-hydrogen) atoms. The van der Waals surface area contributed by atoms with E-state index in [-0.39, 0.29) is 12.3 Å². The Bertz CT molecular complexity index is 812. The molecule has 0 atom stereocenters. The van der Waals surface area contributed by atoms with Crippen LogP contribution in [0.5, 0.6) is 17.2 Å². The second kappa shape index (κ2) is 8.93. The van der Waals surface area contributed by atoms with Gasteiger partial charge in [-0.05, 0) is 24.3 Å². The molecule has 0 aliphatic heterocycles. The zero-order valence-corrected chi connectivity index (χ0v) is 13.9. The maximum absolute atomic E-state index is 12.1. The van der Waals surface area contributed by atoms with Crippen LogP contribution in [0.1, 0.15) is 5.56 Å².